The molecule has 2 heterocycles. The molecule has 3 rings (SSSR count). The molecular weight excluding hydrogens is 212 g/mol. The van der Waals surface area contributed by atoms with Crippen LogP contribution in [0.25, 0.3) is 0 Å². The maximum Gasteiger partial charge on any atom is 0.0695 e. The van der Waals surface area contributed by atoms with Crippen molar-refractivity contribution in [2.75, 3.05) is 19.6 Å². The summed E-state index contributed by atoms with van der Waals surface area (Å²) in [6.07, 6.45) is 7.52. The van der Waals surface area contributed by atoms with E-state index in [-0.39, 0.29) is 6.10 Å². The molecule has 0 radical (unpaired) electrons. The summed E-state index contributed by atoms with van der Waals surface area (Å²) in [5.41, 5.74) is 0. The van der Waals surface area contributed by atoms with Crippen LogP contribution in [0.15, 0.2) is 0 Å². The average molecular weight is 238 g/mol. The van der Waals surface area contributed by atoms with Crippen LogP contribution >= 0.6 is 0 Å². The Kier molecular flexibility index (Phi) is 3.42. The Labute approximate surface area is 105 Å². The number of rotatable bonds is 1. The minimum atomic E-state index is -0.0624. The molecule has 0 amide bonds. The van der Waals surface area contributed by atoms with Gasteiger partial charge in [-0.05, 0) is 45.6 Å². The van der Waals surface area contributed by atoms with Crippen LogP contribution in [0, 0.1) is 0 Å². The van der Waals surface area contributed by atoms with E-state index in [2.05, 4.69) is 16.7 Å². The SMILES string of the molecule is CC1CN2CCCCC2CN1[C@@H]1CCC[C@H]1O. The van der Waals surface area contributed by atoms with E-state index < -0.39 is 0 Å². The summed E-state index contributed by atoms with van der Waals surface area (Å²) in [7, 11) is 0. The number of fused-ring (bicyclic) bond motifs is 1. The molecule has 0 aromatic heterocycles. The fourth-order valence-electron chi connectivity index (χ4n) is 4.14. The summed E-state index contributed by atoms with van der Waals surface area (Å²) in [4.78, 5) is 5.30. The standard InChI is InChI=1S/C14H26N2O/c1-11-9-15-8-3-2-5-12(15)10-16(11)13-6-4-7-14(13)17/h11-14,17H,2-10H2,1H3/t11?,12?,13-,14-/m1/s1. The highest BCUT2D eigenvalue weighted by molar-refractivity contribution is 4.95. The van der Waals surface area contributed by atoms with E-state index in [9.17, 15) is 5.11 Å². The fourth-order valence-corrected chi connectivity index (χ4v) is 4.14. The molecule has 3 aliphatic rings. The van der Waals surface area contributed by atoms with Gasteiger partial charge in [0.1, 0.15) is 0 Å². The van der Waals surface area contributed by atoms with Crippen LogP contribution in [-0.4, -0.2) is 58.8 Å². The lowest BCUT2D eigenvalue weighted by Crippen LogP contribution is -2.62. The van der Waals surface area contributed by atoms with Crippen LogP contribution < -0.4 is 0 Å². The Morgan fingerprint density at radius 1 is 1.00 bits per heavy atom. The van der Waals surface area contributed by atoms with Gasteiger partial charge < -0.3 is 5.11 Å². The van der Waals surface area contributed by atoms with E-state index in [0.717, 1.165) is 12.5 Å². The van der Waals surface area contributed by atoms with Crippen molar-refractivity contribution in [3.63, 3.8) is 0 Å². The Balaban J connectivity index is 1.68. The molecule has 1 aliphatic carbocycles. The number of piperidine rings is 1. The zero-order valence-corrected chi connectivity index (χ0v) is 11.0. The topological polar surface area (TPSA) is 26.7 Å². The molecule has 3 heteroatoms. The van der Waals surface area contributed by atoms with Crippen molar-refractivity contribution < 1.29 is 5.11 Å². The second-order valence-corrected chi connectivity index (χ2v) is 6.26. The highest BCUT2D eigenvalue weighted by Crippen LogP contribution is 2.31. The number of piperazine rings is 1. The maximum atomic E-state index is 10.1. The van der Waals surface area contributed by atoms with E-state index in [1.54, 1.807) is 0 Å². The van der Waals surface area contributed by atoms with Crippen molar-refractivity contribution in [1.82, 2.24) is 9.80 Å². The molecule has 0 spiro atoms. The Morgan fingerprint density at radius 3 is 2.65 bits per heavy atom. The van der Waals surface area contributed by atoms with E-state index in [4.69, 9.17) is 0 Å². The van der Waals surface area contributed by atoms with Gasteiger partial charge in [0.25, 0.3) is 0 Å². The first-order chi connectivity index (χ1) is 8.25. The predicted octanol–water partition coefficient (Wildman–Crippen LogP) is 1.46. The zero-order valence-electron chi connectivity index (χ0n) is 11.0. The molecule has 2 unspecified atom stereocenters. The van der Waals surface area contributed by atoms with Crippen molar-refractivity contribution in [3.05, 3.63) is 0 Å². The van der Waals surface area contributed by atoms with E-state index in [0.29, 0.717) is 12.1 Å². The predicted molar refractivity (Wildman–Crippen MR) is 69.0 cm³/mol. The monoisotopic (exact) mass is 238 g/mol. The second kappa shape index (κ2) is 4.87. The molecule has 3 fully saturated rings. The third-order valence-electron chi connectivity index (χ3n) is 5.11. The number of aliphatic hydroxyl groups is 1. The van der Waals surface area contributed by atoms with Gasteiger partial charge in [0.05, 0.1) is 6.10 Å². The largest absolute Gasteiger partial charge is 0.391 e. The summed E-state index contributed by atoms with van der Waals surface area (Å²) >= 11 is 0. The zero-order chi connectivity index (χ0) is 11.8. The van der Waals surface area contributed by atoms with Gasteiger partial charge in [0, 0.05) is 31.2 Å². The lowest BCUT2D eigenvalue weighted by Gasteiger charge is -2.50. The van der Waals surface area contributed by atoms with Crippen molar-refractivity contribution >= 4 is 0 Å². The summed E-state index contributed by atoms with van der Waals surface area (Å²) in [5, 5.41) is 10.1. The number of aliphatic hydroxyl groups excluding tert-OH is 1. The van der Waals surface area contributed by atoms with Gasteiger partial charge in [-0.15, -0.1) is 0 Å². The molecule has 17 heavy (non-hydrogen) atoms. The molecule has 98 valence electrons. The van der Waals surface area contributed by atoms with Crippen LogP contribution in [0.2, 0.25) is 0 Å². The van der Waals surface area contributed by atoms with E-state index in [1.165, 1.54) is 51.7 Å². The van der Waals surface area contributed by atoms with E-state index in [1.807, 2.05) is 0 Å². The van der Waals surface area contributed by atoms with Gasteiger partial charge in [-0.2, -0.15) is 0 Å². The van der Waals surface area contributed by atoms with Gasteiger partial charge in [0.2, 0.25) is 0 Å². The van der Waals surface area contributed by atoms with Crippen LogP contribution in [0.3, 0.4) is 0 Å². The van der Waals surface area contributed by atoms with Crippen LogP contribution in [-0.2, 0) is 0 Å². The molecule has 0 aromatic carbocycles. The molecule has 2 saturated heterocycles. The molecule has 4 atom stereocenters. The number of hydrogen-bond donors (Lipinski definition) is 1. The number of hydrogen-bond acceptors (Lipinski definition) is 3. The highest BCUT2D eigenvalue weighted by atomic mass is 16.3. The normalized spacial score (nSPS) is 44.8. The first-order valence-corrected chi connectivity index (χ1v) is 7.43. The van der Waals surface area contributed by atoms with E-state index >= 15 is 0 Å². The van der Waals surface area contributed by atoms with Crippen molar-refractivity contribution in [2.45, 2.75) is 69.7 Å². The first-order valence-electron chi connectivity index (χ1n) is 7.43. The maximum absolute atomic E-state index is 10.1. The van der Waals surface area contributed by atoms with Crippen molar-refractivity contribution in [1.29, 1.82) is 0 Å². The summed E-state index contributed by atoms with van der Waals surface area (Å²) in [6, 6.07) is 1.85. The third kappa shape index (κ3) is 2.25. The second-order valence-electron chi connectivity index (χ2n) is 6.26. The minimum Gasteiger partial charge on any atom is -0.391 e. The Hall–Kier alpha value is -0.120. The summed E-state index contributed by atoms with van der Waals surface area (Å²) < 4.78 is 0. The van der Waals surface area contributed by atoms with Gasteiger partial charge in [-0.1, -0.05) is 6.42 Å². The molecule has 3 nitrogen and oxygen atoms in total. The van der Waals surface area contributed by atoms with Crippen LogP contribution in [0.4, 0.5) is 0 Å². The molecule has 1 N–H and O–H groups in total. The quantitative estimate of drug-likeness (QED) is 0.749. The van der Waals surface area contributed by atoms with Crippen LogP contribution in [0.1, 0.15) is 45.4 Å². The molecule has 1 saturated carbocycles. The van der Waals surface area contributed by atoms with Crippen molar-refractivity contribution in [3.8, 4) is 0 Å². The highest BCUT2D eigenvalue weighted by Gasteiger charge is 2.39. The Bertz CT molecular complexity index is 271. The molecule has 2 aliphatic heterocycles. The minimum absolute atomic E-state index is 0.0624. The molecule has 0 bridgehead atoms. The lowest BCUT2D eigenvalue weighted by molar-refractivity contribution is -0.0338. The van der Waals surface area contributed by atoms with Crippen LogP contribution in [0.5, 0.6) is 0 Å². The van der Waals surface area contributed by atoms with Gasteiger partial charge in [0.15, 0.2) is 0 Å². The fraction of sp³-hybridized carbons (Fsp3) is 1.00. The average Bonchev–Trinajstić information content (AvgIpc) is 2.74. The van der Waals surface area contributed by atoms with Gasteiger partial charge in [-0.3, -0.25) is 9.80 Å². The molecular formula is C14H26N2O. The number of nitrogens with zero attached hydrogens (tertiary/aromatic N) is 2. The lowest BCUT2D eigenvalue weighted by atomic mass is 9.95. The molecule has 0 aromatic rings. The summed E-state index contributed by atoms with van der Waals surface area (Å²) in [5.74, 6) is 0. The van der Waals surface area contributed by atoms with Crippen molar-refractivity contribution in [2.24, 2.45) is 0 Å². The smallest absolute Gasteiger partial charge is 0.0695 e. The first kappa shape index (κ1) is 11.9. The Morgan fingerprint density at radius 2 is 1.88 bits per heavy atom. The van der Waals surface area contributed by atoms with Gasteiger partial charge in [-0.25, -0.2) is 0 Å². The summed E-state index contributed by atoms with van der Waals surface area (Å²) in [6.45, 7) is 6.06. The third-order valence-corrected chi connectivity index (χ3v) is 5.11. The van der Waals surface area contributed by atoms with Gasteiger partial charge >= 0.3 is 0 Å².